The van der Waals surface area contributed by atoms with Gasteiger partial charge in [0.05, 0.1) is 32.7 Å². The summed E-state index contributed by atoms with van der Waals surface area (Å²) in [5.74, 6) is 0.349. The first-order valence-electron chi connectivity index (χ1n) is 13.7. The summed E-state index contributed by atoms with van der Waals surface area (Å²) in [6, 6.07) is 20.9. The summed E-state index contributed by atoms with van der Waals surface area (Å²) in [7, 11) is 1.55. The van der Waals surface area contributed by atoms with E-state index in [1.165, 1.54) is 33.7 Å². The van der Waals surface area contributed by atoms with E-state index >= 15 is 0 Å². The summed E-state index contributed by atoms with van der Waals surface area (Å²) in [6.07, 6.45) is 1.64. The summed E-state index contributed by atoms with van der Waals surface area (Å²) in [5, 5.41) is 12.0. The van der Waals surface area contributed by atoms with Gasteiger partial charge in [-0.2, -0.15) is 0 Å². The molecule has 0 unspecified atom stereocenters. The van der Waals surface area contributed by atoms with Crippen LogP contribution in [-0.2, 0) is 4.79 Å². The summed E-state index contributed by atoms with van der Waals surface area (Å²) in [5.41, 5.74) is 1.72. The number of methoxy groups -OCH3 is 1. The van der Waals surface area contributed by atoms with Gasteiger partial charge < -0.3 is 9.64 Å². The number of benzene rings is 3. The number of likely N-dealkylation sites (N-methyl/N-ethyl adjacent to an activating group) is 1. The first-order chi connectivity index (χ1) is 20.8. The molecule has 0 spiro atoms. The van der Waals surface area contributed by atoms with Crippen LogP contribution in [0.5, 0.6) is 5.75 Å². The molecule has 0 radical (unpaired) electrons. The van der Waals surface area contributed by atoms with Gasteiger partial charge in [-0.05, 0) is 56.7 Å². The first kappa shape index (κ1) is 30.0. The Morgan fingerprint density at radius 3 is 2.49 bits per heavy atom. The van der Waals surface area contributed by atoms with Crippen molar-refractivity contribution < 1.29 is 14.5 Å². The minimum absolute atomic E-state index is 0.0507. The van der Waals surface area contributed by atoms with Crippen LogP contribution in [-0.4, -0.2) is 40.5 Å². The fourth-order valence-corrected chi connectivity index (χ4v) is 7.05. The summed E-state index contributed by atoms with van der Waals surface area (Å²) < 4.78 is 7.54. The number of thiazole rings is 1. The van der Waals surface area contributed by atoms with Crippen molar-refractivity contribution in [3.63, 3.8) is 0 Å². The van der Waals surface area contributed by atoms with Crippen molar-refractivity contribution in [2.24, 2.45) is 4.99 Å². The van der Waals surface area contributed by atoms with Crippen molar-refractivity contribution in [2.45, 2.75) is 36.6 Å². The molecule has 11 heteroatoms. The lowest BCUT2D eigenvalue weighted by atomic mass is 9.94. The van der Waals surface area contributed by atoms with Gasteiger partial charge in [0.15, 0.2) is 4.80 Å². The highest BCUT2D eigenvalue weighted by atomic mass is 32.2. The largest absolute Gasteiger partial charge is 0.496 e. The smallest absolute Gasteiger partial charge is 0.283 e. The molecule has 0 N–H and O–H groups in total. The molecule has 2 heterocycles. The standard InChI is InChI=1S/C32H30N4O5S2/c1-5-34(6-2)31(38)28-20(3)33-32-35(29(28)23-14-10-11-15-25(23)41-4)30(37)27(43-32)19-21-16-17-26(24(18-21)36(39)40)42-22-12-8-7-9-13-22/h7-19,29H,5-6H2,1-4H3/b27-19-/t29-/m0/s1. The van der Waals surface area contributed by atoms with Crippen molar-refractivity contribution in [1.29, 1.82) is 0 Å². The third kappa shape index (κ3) is 5.91. The molecule has 3 aromatic carbocycles. The van der Waals surface area contributed by atoms with Gasteiger partial charge in [-0.25, -0.2) is 4.99 Å². The molecule has 9 nitrogen and oxygen atoms in total. The molecular formula is C32H30N4O5S2. The van der Waals surface area contributed by atoms with Crippen LogP contribution in [0, 0.1) is 10.1 Å². The topological polar surface area (TPSA) is 107 Å². The zero-order chi connectivity index (χ0) is 30.7. The predicted octanol–water partition coefficient (Wildman–Crippen LogP) is 5.17. The second-order valence-corrected chi connectivity index (χ2v) is 11.8. The van der Waals surface area contributed by atoms with Crippen molar-refractivity contribution in [1.82, 2.24) is 9.47 Å². The lowest BCUT2D eigenvalue weighted by molar-refractivity contribution is -0.387. The molecule has 43 heavy (non-hydrogen) atoms. The molecule has 1 aliphatic heterocycles. The average Bonchev–Trinajstić information content (AvgIpc) is 3.31. The number of para-hydroxylation sites is 1. The third-order valence-electron chi connectivity index (χ3n) is 7.18. The molecule has 1 aliphatic rings. The Balaban J connectivity index is 1.66. The highest BCUT2D eigenvalue weighted by molar-refractivity contribution is 7.99. The number of carbonyl (C=O) groups excluding carboxylic acids is 1. The molecule has 0 aliphatic carbocycles. The molecule has 1 atom stereocenters. The van der Waals surface area contributed by atoms with Crippen LogP contribution in [0.4, 0.5) is 5.69 Å². The number of nitrogens with zero attached hydrogens (tertiary/aromatic N) is 4. The Hall–Kier alpha value is -4.48. The third-order valence-corrected chi connectivity index (χ3v) is 9.24. The van der Waals surface area contributed by atoms with Crippen molar-refractivity contribution in [2.75, 3.05) is 20.2 Å². The quantitative estimate of drug-likeness (QED) is 0.190. The molecular weight excluding hydrogens is 585 g/mol. The maximum absolute atomic E-state index is 14.1. The van der Waals surface area contributed by atoms with E-state index in [1.807, 2.05) is 62.4 Å². The van der Waals surface area contributed by atoms with E-state index in [4.69, 9.17) is 9.73 Å². The zero-order valence-corrected chi connectivity index (χ0v) is 25.8. The number of amides is 1. The van der Waals surface area contributed by atoms with Crippen molar-refractivity contribution in [3.05, 3.63) is 125 Å². The summed E-state index contributed by atoms with van der Waals surface area (Å²) in [4.78, 5) is 47.7. The molecule has 5 rings (SSSR count). The van der Waals surface area contributed by atoms with Gasteiger partial charge in [0, 0.05) is 29.6 Å². The summed E-state index contributed by atoms with van der Waals surface area (Å²) in [6.45, 7) is 6.61. The van der Waals surface area contributed by atoms with Gasteiger partial charge in [0.2, 0.25) is 0 Å². The average molecular weight is 615 g/mol. The number of carbonyl (C=O) groups is 1. The van der Waals surface area contributed by atoms with Gasteiger partial charge in [0.25, 0.3) is 17.2 Å². The van der Waals surface area contributed by atoms with E-state index < -0.39 is 11.0 Å². The van der Waals surface area contributed by atoms with Gasteiger partial charge in [-0.15, -0.1) is 0 Å². The monoisotopic (exact) mass is 614 g/mol. The van der Waals surface area contributed by atoms with Crippen LogP contribution in [0.25, 0.3) is 6.08 Å². The SMILES string of the molecule is CCN(CC)C(=O)C1=C(C)N=c2s/c(=C\c3ccc(Sc4ccccc4)c([N+](=O)[O-])c3)c(=O)n2[C@H]1c1ccccc1OC. The van der Waals surface area contributed by atoms with Crippen molar-refractivity contribution in [3.8, 4) is 5.75 Å². The van der Waals surface area contributed by atoms with Gasteiger partial charge in [-0.3, -0.25) is 24.3 Å². The maximum atomic E-state index is 14.1. The number of hydrogen-bond donors (Lipinski definition) is 0. The van der Waals surface area contributed by atoms with E-state index in [9.17, 15) is 19.7 Å². The molecule has 1 aromatic heterocycles. The lowest BCUT2D eigenvalue weighted by Gasteiger charge is -2.29. The second-order valence-electron chi connectivity index (χ2n) is 9.70. The zero-order valence-electron chi connectivity index (χ0n) is 24.1. The number of rotatable bonds is 9. The maximum Gasteiger partial charge on any atom is 0.283 e. The van der Waals surface area contributed by atoms with Gasteiger partial charge >= 0.3 is 0 Å². The number of nitro benzene ring substituents is 1. The Kier molecular flexibility index (Phi) is 8.93. The Morgan fingerprint density at radius 1 is 1.12 bits per heavy atom. The number of fused-ring (bicyclic) bond motifs is 1. The van der Waals surface area contributed by atoms with E-state index in [-0.39, 0.29) is 17.2 Å². The molecule has 1 amide bonds. The predicted molar refractivity (Wildman–Crippen MR) is 168 cm³/mol. The Bertz CT molecular complexity index is 1910. The van der Waals surface area contributed by atoms with Crippen LogP contribution in [0.3, 0.4) is 0 Å². The van der Waals surface area contributed by atoms with Gasteiger partial charge in [-0.1, -0.05) is 65.6 Å². The number of ether oxygens (including phenoxy) is 1. The van der Waals surface area contributed by atoms with E-state index in [2.05, 4.69) is 0 Å². The van der Waals surface area contributed by atoms with Crippen molar-refractivity contribution >= 4 is 40.8 Å². The number of allylic oxidation sites excluding steroid dienone is 1. The lowest BCUT2D eigenvalue weighted by Crippen LogP contribution is -2.43. The highest BCUT2D eigenvalue weighted by Crippen LogP contribution is 2.37. The van der Waals surface area contributed by atoms with Crippen LogP contribution >= 0.6 is 23.1 Å². The minimum atomic E-state index is -0.762. The van der Waals surface area contributed by atoms with Crippen LogP contribution in [0.15, 0.2) is 104 Å². The Morgan fingerprint density at radius 2 is 1.81 bits per heavy atom. The number of aromatic nitrogens is 1. The fourth-order valence-electron chi connectivity index (χ4n) is 5.08. The van der Waals surface area contributed by atoms with E-state index in [0.29, 0.717) is 55.5 Å². The Labute approximate surface area is 256 Å². The molecule has 0 saturated heterocycles. The van der Waals surface area contributed by atoms with Crippen LogP contribution in [0.2, 0.25) is 0 Å². The first-order valence-corrected chi connectivity index (χ1v) is 15.4. The molecule has 0 saturated carbocycles. The highest BCUT2D eigenvalue weighted by Gasteiger charge is 2.35. The normalized spacial score (nSPS) is 14.7. The minimum Gasteiger partial charge on any atom is -0.496 e. The number of hydrogen-bond acceptors (Lipinski definition) is 8. The van der Waals surface area contributed by atoms with E-state index in [0.717, 1.165) is 4.90 Å². The number of nitro groups is 1. The summed E-state index contributed by atoms with van der Waals surface area (Å²) >= 11 is 2.49. The second kappa shape index (κ2) is 12.8. The van der Waals surface area contributed by atoms with Gasteiger partial charge in [0.1, 0.15) is 11.8 Å². The molecule has 220 valence electrons. The fraction of sp³-hybridized carbons (Fsp3) is 0.219. The van der Waals surface area contributed by atoms with Crippen LogP contribution < -0.4 is 19.6 Å². The van der Waals surface area contributed by atoms with E-state index in [1.54, 1.807) is 43.2 Å². The molecule has 0 fully saturated rings. The van der Waals surface area contributed by atoms with Crippen LogP contribution in [0.1, 0.15) is 37.9 Å². The molecule has 0 bridgehead atoms. The molecule has 4 aromatic rings.